The normalized spacial score (nSPS) is 31.3. The second kappa shape index (κ2) is 8.93. The van der Waals surface area contributed by atoms with E-state index in [2.05, 4.69) is 6.58 Å². The molecule has 164 valence electrons. The quantitative estimate of drug-likeness (QED) is 0.293. The first-order chi connectivity index (χ1) is 13.9. The summed E-state index contributed by atoms with van der Waals surface area (Å²) in [5.74, 6) is -6.22. The third kappa shape index (κ3) is 4.85. The minimum Gasteiger partial charge on any atom is -0.461 e. The fraction of sp³-hybridized carbons (Fsp3) is 0.524. The molecule has 0 radical (unpaired) electrons. The van der Waals surface area contributed by atoms with Gasteiger partial charge in [0, 0.05) is 24.8 Å². The van der Waals surface area contributed by atoms with E-state index in [9.17, 15) is 29.4 Å². The van der Waals surface area contributed by atoms with E-state index in [1.165, 1.54) is 19.9 Å². The van der Waals surface area contributed by atoms with Gasteiger partial charge in [-0.15, -0.1) is 0 Å². The zero-order chi connectivity index (χ0) is 22.8. The topological polar surface area (TPSA) is 136 Å². The third-order valence-corrected chi connectivity index (χ3v) is 5.03. The predicted octanol–water partition coefficient (Wildman–Crippen LogP) is 0.886. The Labute approximate surface area is 174 Å². The average Bonchev–Trinajstić information content (AvgIpc) is 2.89. The molecule has 2 aliphatic rings. The Bertz CT molecular complexity index is 851. The summed E-state index contributed by atoms with van der Waals surface area (Å²) in [4.78, 5) is 48.5. The van der Waals surface area contributed by atoms with Gasteiger partial charge < -0.3 is 24.4 Å². The lowest BCUT2D eigenvalue weighted by Gasteiger charge is -2.33. The number of ether oxygens (including phenoxy) is 3. The minimum atomic E-state index is -2.35. The molecule has 0 bridgehead atoms. The molecule has 0 aromatic rings. The maximum absolute atomic E-state index is 12.5. The molecule has 1 heterocycles. The van der Waals surface area contributed by atoms with Crippen molar-refractivity contribution in [3.05, 3.63) is 34.9 Å². The van der Waals surface area contributed by atoms with Crippen molar-refractivity contribution >= 4 is 23.7 Å². The van der Waals surface area contributed by atoms with Crippen LogP contribution >= 0.6 is 0 Å². The van der Waals surface area contributed by atoms with Gasteiger partial charge >= 0.3 is 17.9 Å². The van der Waals surface area contributed by atoms with Gasteiger partial charge in [-0.2, -0.15) is 0 Å². The van der Waals surface area contributed by atoms with Gasteiger partial charge in [-0.25, -0.2) is 9.59 Å². The van der Waals surface area contributed by atoms with Crippen molar-refractivity contribution in [3.63, 3.8) is 0 Å². The SMILES string of the molecule is C=C(C)C(=O)O[C@@H]1C2=C(COC(C)=O)C(=O)O[C@]2(O)/C=C(\C)CCC(=O)[C@@H](C)[C@H]1O. The predicted molar refractivity (Wildman–Crippen MR) is 103 cm³/mol. The number of aliphatic hydroxyl groups is 2. The largest absolute Gasteiger partial charge is 0.461 e. The molecule has 2 N–H and O–H groups in total. The van der Waals surface area contributed by atoms with Gasteiger partial charge in [0.2, 0.25) is 0 Å². The van der Waals surface area contributed by atoms with E-state index in [-0.39, 0.29) is 35.3 Å². The third-order valence-electron chi connectivity index (χ3n) is 5.03. The summed E-state index contributed by atoms with van der Waals surface area (Å²) in [7, 11) is 0. The van der Waals surface area contributed by atoms with Gasteiger partial charge in [0.15, 0.2) is 6.10 Å². The highest BCUT2D eigenvalue weighted by atomic mass is 16.7. The van der Waals surface area contributed by atoms with Gasteiger partial charge in [-0.1, -0.05) is 19.1 Å². The van der Waals surface area contributed by atoms with Gasteiger partial charge in [0.05, 0.1) is 11.1 Å². The first-order valence-electron chi connectivity index (χ1n) is 9.45. The van der Waals surface area contributed by atoms with E-state index >= 15 is 0 Å². The van der Waals surface area contributed by atoms with Crippen LogP contribution in [-0.2, 0) is 33.4 Å². The van der Waals surface area contributed by atoms with Crippen LogP contribution in [-0.4, -0.2) is 58.5 Å². The van der Waals surface area contributed by atoms with Crippen molar-refractivity contribution < 1.29 is 43.6 Å². The molecule has 0 aromatic carbocycles. The van der Waals surface area contributed by atoms with Crippen molar-refractivity contribution in [3.8, 4) is 0 Å². The number of hydrogen-bond acceptors (Lipinski definition) is 9. The Balaban J connectivity index is 2.73. The van der Waals surface area contributed by atoms with Gasteiger partial charge in [-0.3, -0.25) is 9.59 Å². The monoisotopic (exact) mass is 422 g/mol. The summed E-state index contributed by atoms with van der Waals surface area (Å²) in [6.07, 6.45) is -1.67. The standard InChI is InChI=1S/C21H26O9/c1-10(2)19(25)29-18-16-14(9-28-13(5)22)20(26)30-21(16,27)8-11(3)6-7-15(23)12(4)17(18)24/h8,12,17-18,24,27H,1,6-7,9H2,2-5H3/b11-8+/t12-,17-,18-,21-/m1/s1. The van der Waals surface area contributed by atoms with Crippen molar-refractivity contribution in [1.82, 2.24) is 0 Å². The highest BCUT2D eigenvalue weighted by Gasteiger charge is 2.53. The lowest BCUT2D eigenvalue weighted by atomic mass is 9.83. The second-order valence-corrected chi connectivity index (χ2v) is 7.60. The van der Waals surface area contributed by atoms with Crippen LogP contribution in [0.2, 0.25) is 0 Å². The molecule has 0 saturated carbocycles. The fourth-order valence-corrected chi connectivity index (χ4v) is 3.30. The van der Waals surface area contributed by atoms with E-state index in [0.29, 0.717) is 5.57 Å². The molecular weight excluding hydrogens is 396 g/mol. The summed E-state index contributed by atoms with van der Waals surface area (Å²) in [5, 5.41) is 22.1. The van der Waals surface area contributed by atoms with Crippen LogP contribution in [0.4, 0.5) is 0 Å². The number of fused-ring (bicyclic) bond motifs is 1. The van der Waals surface area contributed by atoms with Gasteiger partial charge in [-0.05, 0) is 26.3 Å². The molecule has 9 nitrogen and oxygen atoms in total. The number of allylic oxidation sites excluding steroid dienone is 1. The average molecular weight is 422 g/mol. The van der Waals surface area contributed by atoms with Gasteiger partial charge in [0.25, 0.3) is 5.79 Å². The first-order valence-corrected chi connectivity index (χ1v) is 9.45. The lowest BCUT2D eigenvalue weighted by Crippen LogP contribution is -2.47. The number of carbonyl (C=O) groups is 4. The fourth-order valence-electron chi connectivity index (χ4n) is 3.30. The molecule has 4 atom stereocenters. The van der Waals surface area contributed by atoms with Gasteiger partial charge in [0.1, 0.15) is 18.5 Å². The van der Waals surface area contributed by atoms with E-state index < -0.39 is 48.4 Å². The van der Waals surface area contributed by atoms with Crippen LogP contribution in [0.5, 0.6) is 0 Å². The van der Waals surface area contributed by atoms with Crippen LogP contribution in [0.1, 0.15) is 40.5 Å². The maximum atomic E-state index is 12.5. The summed E-state index contributed by atoms with van der Waals surface area (Å²) in [6, 6.07) is 0. The molecule has 0 aromatic heterocycles. The summed E-state index contributed by atoms with van der Waals surface area (Å²) in [5.41, 5.74) is -0.0355. The highest BCUT2D eigenvalue weighted by molar-refractivity contribution is 5.95. The molecule has 30 heavy (non-hydrogen) atoms. The Hall–Kier alpha value is -2.78. The summed E-state index contributed by atoms with van der Waals surface area (Å²) in [6.45, 7) is 8.51. The molecule has 0 spiro atoms. The second-order valence-electron chi connectivity index (χ2n) is 7.60. The number of esters is 3. The Morgan fingerprint density at radius 1 is 1.30 bits per heavy atom. The van der Waals surface area contributed by atoms with Crippen molar-refractivity contribution in [2.45, 2.75) is 58.5 Å². The Kier molecular flexibility index (Phi) is 6.99. The van der Waals surface area contributed by atoms with Crippen molar-refractivity contribution in [2.24, 2.45) is 5.92 Å². The molecule has 0 fully saturated rings. The molecule has 2 rings (SSSR count). The zero-order valence-corrected chi connectivity index (χ0v) is 17.4. The van der Waals surface area contributed by atoms with E-state index in [4.69, 9.17) is 14.2 Å². The van der Waals surface area contributed by atoms with E-state index in [0.717, 1.165) is 6.92 Å². The van der Waals surface area contributed by atoms with Crippen LogP contribution in [0.3, 0.4) is 0 Å². The number of hydrogen-bond donors (Lipinski definition) is 2. The van der Waals surface area contributed by atoms with Crippen LogP contribution < -0.4 is 0 Å². The molecule has 0 amide bonds. The number of rotatable bonds is 4. The van der Waals surface area contributed by atoms with E-state index in [1.54, 1.807) is 6.92 Å². The van der Waals surface area contributed by atoms with Crippen molar-refractivity contribution in [1.29, 1.82) is 0 Å². The Morgan fingerprint density at radius 2 is 1.93 bits per heavy atom. The number of Topliss-reactive ketones (excluding diaryl/α,β-unsaturated/α-hetero) is 1. The molecule has 0 unspecified atom stereocenters. The smallest absolute Gasteiger partial charge is 0.340 e. The Morgan fingerprint density at radius 3 is 2.50 bits per heavy atom. The maximum Gasteiger partial charge on any atom is 0.340 e. The zero-order valence-electron chi connectivity index (χ0n) is 17.4. The van der Waals surface area contributed by atoms with Crippen LogP contribution in [0.25, 0.3) is 0 Å². The first kappa shape index (κ1) is 23.5. The molecule has 0 saturated heterocycles. The van der Waals surface area contributed by atoms with Crippen molar-refractivity contribution in [2.75, 3.05) is 6.61 Å². The molecule has 1 aliphatic heterocycles. The molecule has 9 heteroatoms. The number of ketones is 1. The minimum absolute atomic E-state index is 0.000846. The summed E-state index contributed by atoms with van der Waals surface area (Å²) < 4.78 is 15.4. The van der Waals surface area contributed by atoms with Crippen LogP contribution in [0, 0.1) is 5.92 Å². The van der Waals surface area contributed by atoms with E-state index in [1.807, 2.05) is 0 Å². The number of carbonyl (C=O) groups excluding carboxylic acids is 4. The highest BCUT2D eigenvalue weighted by Crippen LogP contribution is 2.40. The van der Waals surface area contributed by atoms with Crippen LogP contribution in [0.15, 0.2) is 34.9 Å². The molecular formula is C21H26O9. The summed E-state index contributed by atoms with van der Waals surface area (Å²) >= 11 is 0. The molecule has 1 aliphatic carbocycles. The number of aliphatic hydroxyl groups excluding tert-OH is 1. The lowest BCUT2D eigenvalue weighted by molar-refractivity contribution is -0.174.